The molecule has 0 bridgehead atoms. The van der Waals surface area contributed by atoms with Crippen LogP contribution in [0.15, 0.2) is 78.9 Å². The van der Waals surface area contributed by atoms with E-state index < -0.39 is 0 Å². The average Bonchev–Trinajstić information content (AvgIpc) is 2.66. The summed E-state index contributed by atoms with van der Waals surface area (Å²) in [6.45, 7) is 2.22. The smallest absolute Gasteiger partial charge is 0.00992 e. The average molecular weight is 322 g/mol. The molecule has 0 atom stereocenters. The molecule has 4 aromatic carbocycles. The largest absolute Gasteiger partial charge is 0.0651 e. The van der Waals surface area contributed by atoms with E-state index in [-0.39, 0.29) is 0 Å². The van der Waals surface area contributed by atoms with Gasteiger partial charge in [-0.15, -0.1) is 0 Å². The number of rotatable bonds is 4. The fourth-order valence-electron chi connectivity index (χ4n) is 3.49. The van der Waals surface area contributed by atoms with Gasteiger partial charge >= 0.3 is 0 Å². The Balaban J connectivity index is 1.81. The summed E-state index contributed by atoms with van der Waals surface area (Å²) in [5, 5.41) is 5.19. The van der Waals surface area contributed by atoms with E-state index >= 15 is 0 Å². The van der Waals surface area contributed by atoms with E-state index in [0.29, 0.717) is 0 Å². The Labute approximate surface area is 149 Å². The van der Waals surface area contributed by atoms with Crippen LogP contribution in [-0.2, 0) is 6.42 Å². The van der Waals surface area contributed by atoms with Gasteiger partial charge < -0.3 is 0 Å². The van der Waals surface area contributed by atoms with Crippen LogP contribution in [0.25, 0.3) is 33.7 Å². The molecule has 0 saturated carbocycles. The van der Waals surface area contributed by atoms with E-state index in [4.69, 9.17) is 0 Å². The Hall–Kier alpha value is -2.86. The fraction of sp³-hybridized carbons (Fsp3) is 0.120. The molecule has 0 heteroatoms. The highest BCUT2D eigenvalue weighted by atomic mass is 14.1. The SMILES string of the molecule is CCCc1ccc(/C=C/c2c3ccccc3cc3ccccc23)cc1. The minimum absolute atomic E-state index is 1.15. The Morgan fingerprint density at radius 3 is 1.88 bits per heavy atom. The molecule has 0 aliphatic carbocycles. The monoisotopic (exact) mass is 322 g/mol. The van der Waals surface area contributed by atoms with Crippen molar-refractivity contribution in [1.29, 1.82) is 0 Å². The number of benzene rings is 4. The van der Waals surface area contributed by atoms with Crippen molar-refractivity contribution in [3.63, 3.8) is 0 Å². The van der Waals surface area contributed by atoms with Crippen molar-refractivity contribution < 1.29 is 0 Å². The Kier molecular flexibility index (Phi) is 4.35. The van der Waals surface area contributed by atoms with E-state index in [9.17, 15) is 0 Å². The lowest BCUT2D eigenvalue weighted by atomic mass is 9.96. The zero-order valence-electron chi connectivity index (χ0n) is 14.6. The van der Waals surface area contributed by atoms with Crippen molar-refractivity contribution >= 4 is 33.7 Å². The molecule has 0 amide bonds. The highest BCUT2D eigenvalue weighted by Gasteiger charge is 2.04. The number of hydrogen-bond donors (Lipinski definition) is 0. The van der Waals surface area contributed by atoms with Gasteiger partial charge in [0, 0.05) is 0 Å². The molecule has 0 aliphatic rings. The molecule has 0 nitrogen and oxygen atoms in total. The lowest BCUT2D eigenvalue weighted by molar-refractivity contribution is 0.922. The van der Waals surface area contributed by atoms with E-state index in [1.807, 2.05) is 0 Å². The number of aryl methyl sites for hydroxylation is 1. The molecule has 0 unspecified atom stereocenters. The van der Waals surface area contributed by atoms with E-state index in [1.165, 1.54) is 44.7 Å². The lowest BCUT2D eigenvalue weighted by Crippen LogP contribution is -1.84. The molecular formula is C25H22. The predicted molar refractivity (Wildman–Crippen MR) is 111 cm³/mol. The van der Waals surface area contributed by atoms with Gasteiger partial charge in [0.2, 0.25) is 0 Å². The minimum Gasteiger partial charge on any atom is -0.0651 e. The Bertz CT molecular complexity index is 982. The zero-order valence-corrected chi connectivity index (χ0v) is 14.6. The van der Waals surface area contributed by atoms with Gasteiger partial charge in [0.25, 0.3) is 0 Å². The molecule has 0 saturated heterocycles. The molecule has 0 aromatic heterocycles. The standard InChI is InChI=1S/C25H22/c1-2-7-19-12-14-20(15-13-19)16-17-25-23-10-5-3-8-21(23)18-22-9-4-6-11-24(22)25/h3-6,8-18H,2,7H2,1H3/b17-16+. The van der Waals surface area contributed by atoms with Crippen molar-refractivity contribution in [3.8, 4) is 0 Å². The third-order valence-electron chi connectivity index (χ3n) is 4.77. The van der Waals surface area contributed by atoms with Crippen LogP contribution < -0.4 is 0 Å². The first kappa shape index (κ1) is 15.7. The first-order valence-electron chi connectivity index (χ1n) is 9.02. The lowest BCUT2D eigenvalue weighted by Gasteiger charge is -2.08. The summed E-state index contributed by atoms with van der Waals surface area (Å²) in [5.74, 6) is 0. The molecule has 0 aliphatic heterocycles. The van der Waals surface area contributed by atoms with Gasteiger partial charge in [0.1, 0.15) is 0 Å². The van der Waals surface area contributed by atoms with Gasteiger partial charge in [0.15, 0.2) is 0 Å². The molecule has 0 spiro atoms. The van der Waals surface area contributed by atoms with Gasteiger partial charge in [-0.05, 0) is 50.7 Å². The third kappa shape index (κ3) is 3.21. The van der Waals surface area contributed by atoms with Crippen molar-refractivity contribution in [2.24, 2.45) is 0 Å². The Morgan fingerprint density at radius 1 is 0.680 bits per heavy atom. The molecule has 4 rings (SSSR count). The summed E-state index contributed by atoms with van der Waals surface area (Å²) in [6.07, 6.45) is 6.83. The van der Waals surface area contributed by atoms with Crippen molar-refractivity contribution in [1.82, 2.24) is 0 Å². The Morgan fingerprint density at radius 2 is 1.28 bits per heavy atom. The van der Waals surface area contributed by atoms with Crippen molar-refractivity contribution in [3.05, 3.63) is 95.6 Å². The van der Waals surface area contributed by atoms with Gasteiger partial charge in [-0.25, -0.2) is 0 Å². The van der Waals surface area contributed by atoms with E-state index in [1.54, 1.807) is 0 Å². The van der Waals surface area contributed by atoms with Gasteiger partial charge in [-0.1, -0.05) is 98.3 Å². The van der Waals surface area contributed by atoms with Crippen LogP contribution in [-0.4, -0.2) is 0 Å². The second-order valence-corrected chi connectivity index (χ2v) is 6.56. The summed E-state index contributed by atoms with van der Waals surface area (Å²) in [6, 6.07) is 28.5. The summed E-state index contributed by atoms with van der Waals surface area (Å²) in [5.41, 5.74) is 3.96. The molecule has 0 N–H and O–H groups in total. The maximum Gasteiger partial charge on any atom is -0.00992 e. The molecular weight excluding hydrogens is 300 g/mol. The van der Waals surface area contributed by atoms with Crippen molar-refractivity contribution in [2.45, 2.75) is 19.8 Å². The molecule has 0 fully saturated rings. The van der Waals surface area contributed by atoms with Crippen molar-refractivity contribution in [2.75, 3.05) is 0 Å². The molecule has 0 radical (unpaired) electrons. The van der Waals surface area contributed by atoms with Crippen LogP contribution in [0.4, 0.5) is 0 Å². The van der Waals surface area contributed by atoms with Crippen LogP contribution in [0.5, 0.6) is 0 Å². The summed E-state index contributed by atoms with van der Waals surface area (Å²) in [4.78, 5) is 0. The second kappa shape index (κ2) is 6.94. The molecule has 25 heavy (non-hydrogen) atoms. The molecule has 0 heterocycles. The fourth-order valence-corrected chi connectivity index (χ4v) is 3.49. The minimum atomic E-state index is 1.15. The van der Waals surface area contributed by atoms with E-state index in [2.05, 4.69) is 97.9 Å². The van der Waals surface area contributed by atoms with Gasteiger partial charge in [0.05, 0.1) is 0 Å². The highest BCUT2D eigenvalue weighted by molar-refractivity contribution is 6.07. The molecule has 122 valence electrons. The second-order valence-electron chi connectivity index (χ2n) is 6.56. The quantitative estimate of drug-likeness (QED) is 0.277. The van der Waals surface area contributed by atoms with Crippen LogP contribution in [0.1, 0.15) is 30.0 Å². The van der Waals surface area contributed by atoms with Crippen LogP contribution >= 0.6 is 0 Å². The topological polar surface area (TPSA) is 0 Å². The van der Waals surface area contributed by atoms with Gasteiger partial charge in [-0.2, -0.15) is 0 Å². The summed E-state index contributed by atoms with van der Waals surface area (Å²) in [7, 11) is 0. The van der Waals surface area contributed by atoms with Gasteiger partial charge in [-0.3, -0.25) is 0 Å². The first-order chi connectivity index (χ1) is 12.3. The number of fused-ring (bicyclic) bond motifs is 2. The third-order valence-corrected chi connectivity index (χ3v) is 4.77. The molecule has 4 aromatic rings. The zero-order chi connectivity index (χ0) is 17.1. The van der Waals surface area contributed by atoms with Crippen LogP contribution in [0, 0.1) is 0 Å². The maximum atomic E-state index is 2.28. The van der Waals surface area contributed by atoms with Crippen LogP contribution in [0.2, 0.25) is 0 Å². The van der Waals surface area contributed by atoms with E-state index in [0.717, 1.165) is 6.42 Å². The number of hydrogen-bond acceptors (Lipinski definition) is 0. The predicted octanol–water partition coefficient (Wildman–Crippen LogP) is 7.12. The summed E-state index contributed by atoms with van der Waals surface area (Å²) < 4.78 is 0. The first-order valence-corrected chi connectivity index (χ1v) is 9.02. The highest BCUT2D eigenvalue weighted by Crippen LogP contribution is 2.30. The normalized spacial score (nSPS) is 11.6. The summed E-state index contributed by atoms with van der Waals surface area (Å²) >= 11 is 0. The van der Waals surface area contributed by atoms with Crippen LogP contribution in [0.3, 0.4) is 0 Å². The maximum absolute atomic E-state index is 2.28.